The maximum Gasteiger partial charge on any atom is 0.413 e. The van der Waals surface area contributed by atoms with Crippen LogP contribution in [0, 0.1) is 0 Å². The van der Waals surface area contributed by atoms with E-state index >= 15 is 0 Å². The van der Waals surface area contributed by atoms with Crippen LogP contribution in [-0.4, -0.2) is 21.2 Å². The van der Waals surface area contributed by atoms with Crippen molar-refractivity contribution in [2.24, 2.45) is 0 Å². The zero-order valence-corrected chi connectivity index (χ0v) is 10.8. The van der Waals surface area contributed by atoms with Gasteiger partial charge in [0.25, 0.3) is 10.0 Å². The summed E-state index contributed by atoms with van der Waals surface area (Å²) in [4.78, 5) is 4.68. The van der Waals surface area contributed by atoms with E-state index in [1.807, 2.05) is 0 Å². The summed E-state index contributed by atoms with van der Waals surface area (Å²) >= 11 is 11.2. The molecule has 4 nitrogen and oxygen atoms in total. The molecule has 1 rings (SSSR count). The molecule has 0 bridgehead atoms. The molecular formula is C8H6Cl2F3NO3S. The lowest BCUT2D eigenvalue weighted by Gasteiger charge is -2.10. The van der Waals surface area contributed by atoms with Crippen molar-refractivity contribution >= 4 is 33.2 Å². The fraction of sp³-hybridized carbons (Fsp3) is 0.250. The van der Waals surface area contributed by atoms with E-state index in [1.165, 1.54) is 17.0 Å². The zero-order chi connectivity index (χ0) is 14.0. The summed E-state index contributed by atoms with van der Waals surface area (Å²) in [7, 11) is -4.32. The van der Waals surface area contributed by atoms with E-state index in [0.29, 0.717) is 0 Å². The number of sulfonamides is 1. The van der Waals surface area contributed by atoms with Crippen LogP contribution in [0.25, 0.3) is 0 Å². The van der Waals surface area contributed by atoms with E-state index < -0.39 is 27.7 Å². The van der Waals surface area contributed by atoms with Crippen LogP contribution in [0.3, 0.4) is 0 Å². The summed E-state index contributed by atoms with van der Waals surface area (Å²) in [5, 5.41) is -0.349. The molecule has 0 heterocycles. The van der Waals surface area contributed by atoms with Gasteiger partial charge >= 0.3 is 6.18 Å². The van der Waals surface area contributed by atoms with Gasteiger partial charge in [0, 0.05) is 0 Å². The summed E-state index contributed by atoms with van der Waals surface area (Å²) in [6.07, 6.45) is -4.65. The lowest BCUT2D eigenvalue weighted by atomic mass is 10.4. The quantitative estimate of drug-likeness (QED) is 0.867. The molecule has 0 aliphatic rings. The molecule has 102 valence electrons. The molecule has 0 saturated heterocycles. The number of halogens is 5. The Kier molecular flexibility index (Phi) is 4.84. The maximum absolute atomic E-state index is 11.8. The molecule has 18 heavy (non-hydrogen) atoms. The number of hydrogen-bond acceptors (Lipinski definition) is 3. The van der Waals surface area contributed by atoms with Crippen molar-refractivity contribution in [3.05, 3.63) is 28.2 Å². The van der Waals surface area contributed by atoms with Crippen LogP contribution in [0.1, 0.15) is 0 Å². The molecule has 0 aliphatic carbocycles. The summed E-state index contributed by atoms with van der Waals surface area (Å²) in [5.74, 6) is 0. The van der Waals surface area contributed by atoms with Crippen molar-refractivity contribution in [2.45, 2.75) is 11.1 Å². The molecule has 0 amide bonds. The van der Waals surface area contributed by atoms with E-state index in [4.69, 9.17) is 23.2 Å². The van der Waals surface area contributed by atoms with Crippen LogP contribution >= 0.6 is 23.2 Å². The highest BCUT2D eigenvalue weighted by atomic mass is 35.5. The van der Waals surface area contributed by atoms with Crippen LogP contribution in [0.5, 0.6) is 0 Å². The third-order valence-corrected chi connectivity index (χ3v) is 3.80. The van der Waals surface area contributed by atoms with Crippen LogP contribution in [-0.2, 0) is 14.9 Å². The van der Waals surface area contributed by atoms with Crippen molar-refractivity contribution in [1.82, 2.24) is 4.89 Å². The van der Waals surface area contributed by atoms with Gasteiger partial charge in [0.2, 0.25) is 0 Å². The standard InChI is InChI=1S/C8H6Cl2F3NO3S/c9-5-2-1-3-6(7(5)10)18(15,16)14-17-4-8(11,12)13/h1-3,14H,4H2. The van der Waals surface area contributed by atoms with E-state index in [1.54, 1.807) is 0 Å². The van der Waals surface area contributed by atoms with Gasteiger partial charge in [-0.15, -0.1) is 0 Å². The van der Waals surface area contributed by atoms with Crippen molar-refractivity contribution in [1.29, 1.82) is 0 Å². The van der Waals surface area contributed by atoms with Gasteiger partial charge in [-0.05, 0) is 12.1 Å². The lowest BCUT2D eigenvalue weighted by Crippen LogP contribution is -2.29. The van der Waals surface area contributed by atoms with Crippen molar-refractivity contribution in [3.8, 4) is 0 Å². The van der Waals surface area contributed by atoms with E-state index in [0.717, 1.165) is 6.07 Å². The molecule has 0 unspecified atom stereocenters. The van der Waals surface area contributed by atoms with Crippen molar-refractivity contribution in [2.75, 3.05) is 6.61 Å². The number of hydrogen-bond donors (Lipinski definition) is 1. The Morgan fingerprint density at radius 3 is 2.44 bits per heavy atom. The normalized spacial score (nSPS) is 12.7. The maximum atomic E-state index is 11.8. The minimum absolute atomic E-state index is 0.0460. The highest BCUT2D eigenvalue weighted by molar-refractivity contribution is 7.89. The van der Waals surface area contributed by atoms with Gasteiger partial charge in [0.15, 0.2) is 6.61 Å². The van der Waals surface area contributed by atoms with E-state index in [-0.39, 0.29) is 10.0 Å². The van der Waals surface area contributed by atoms with Crippen LogP contribution < -0.4 is 4.89 Å². The molecule has 0 radical (unpaired) electrons. The van der Waals surface area contributed by atoms with Gasteiger partial charge in [0.05, 0.1) is 10.0 Å². The lowest BCUT2D eigenvalue weighted by molar-refractivity contribution is -0.181. The Morgan fingerprint density at radius 2 is 1.89 bits per heavy atom. The Morgan fingerprint density at radius 1 is 1.28 bits per heavy atom. The summed E-state index contributed by atoms with van der Waals surface area (Å²) in [6, 6.07) is 3.69. The summed E-state index contributed by atoms with van der Waals surface area (Å²) < 4.78 is 58.4. The highest BCUT2D eigenvalue weighted by Crippen LogP contribution is 2.28. The Labute approximate surface area is 111 Å². The third kappa shape index (κ3) is 4.29. The zero-order valence-electron chi connectivity index (χ0n) is 8.46. The molecule has 0 atom stereocenters. The Hall–Kier alpha value is -0.540. The number of nitrogens with one attached hydrogen (secondary N) is 1. The van der Waals surface area contributed by atoms with Gasteiger partial charge in [-0.25, -0.2) is 8.42 Å². The van der Waals surface area contributed by atoms with Crippen LogP contribution in [0.4, 0.5) is 13.2 Å². The molecule has 1 aromatic carbocycles. The first kappa shape index (κ1) is 15.5. The first-order valence-corrected chi connectivity index (χ1v) is 6.52. The second-order valence-corrected chi connectivity index (χ2v) is 5.44. The fourth-order valence-corrected chi connectivity index (χ4v) is 2.49. The summed E-state index contributed by atoms with van der Waals surface area (Å²) in [5.41, 5.74) is 0. The Bertz CT molecular complexity index is 533. The summed E-state index contributed by atoms with van der Waals surface area (Å²) in [6.45, 7) is -1.76. The molecule has 0 aromatic heterocycles. The minimum Gasteiger partial charge on any atom is -0.277 e. The topological polar surface area (TPSA) is 55.4 Å². The smallest absolute Gasteiger partial charge is 0.277 e. The molecule has 1 aromatic rings. The largest absolute Gasteiger partial charge is 0.413 e. The minimum atomic E-state index is -4.65. The third-order valence-electron chi connectivity index (χ3n) is 1.61. The molecule has 0 fully saturated rings. The van der Waals surface area contributed by atoms with Gasteiger partial charge in [0.1, 0.15) is 4.90 Å². The van der Waals surface area contributed by atoms with Gasteiger partial charge < -0.3 is 0 Å². The number of rotatable bonds is 4. The first-order valence-electron chi connectivity index (χ1n) is 4.28. The highest BCUT2D eigenvalue weighted by Gasteiger charge is 2.29. The predicted octanol–water partition coefficient (Wildman–Crippen LogP) is 2.77. The molecule has 0 aliphatic heterocycles. The second-order valence-electron chi connectivity index (χ2n) is 3.04. The second kappa shape index (κ2) is 5.62. The van der Waals surface area contributed by atoms with Crippen molar-refractivity contribution in [3.63, 3.8) is 0 Å². The van der Waals surface area contributed by atoms with E-state index in [2.05, 4.69) is 4.84 Å². The molecule has 10 heteroatoms. The van der Waals surface area contributed by atoms with Crippen LogP contribution in [0.15, 0.2) is 23.1 Å². The SMILES string of the molecule is O=S(=O)(NOCC(F)(F)F)c1cccc(Cl)c1Cl. The molecule has 0 spiro atoms. The van der Waals surface area contributed by atoms with Crippen molar-refractivity contribution < 1.29 is 26.4 Å². The average molecular weight is 324 g/mol. The first-order chi connectivity index (χ1) is 8.13. The average Bonchev–Trinajstić information content (AvgIpc) is 2.19. The molecule has 1 N–H and O–H groups in total. The molecular weight excluding hydrogens is 318 g/mol. The predicted molar refractivity (Wildman–Crippen MR) is 58.8 cm³/mol. The van der Waals surface area contributed by atoms with Gasteiger partial charge in [-0.3, -0.25) is 4.84 Å². The fourth-order valence-electron chi connectivity index (χ4n) is 0.925. The Balaban J connectivity index is 2.84. The van der Waals surface area contributed by atoms with E-state index in [9.17, 15) is 21.6 Å². The van der Waals surface area contributed by atoms with Gasteiger partial charge in [-0.2, -0.15) is 13.2 Å². The number of benzene rings is 1. The molecule has 0 saturated carbocycles. The van der Waals surface area contributed by atoms with Gasteiger partial charge in [-0.1, -0.05) is 34.2 Å². The monoisotopic (exact) mass is 323 g/mol. The number of alkyl halides is 3. The van der Waals surface area contributed by atoms with Crippen LogP contribution in [0.2, 0.25) is 10.0 Å².